The van der Waals surface area contributed by atoms with Crippen molar-refractivity contribution < 1.29 is 0 Å². The molecule has 6 heterocycles. The molecule has 29 aromatic rings. The van der Waals surface area contributed by atoms with E-state index in [4.69, 9.17) is 29.9 Å². The average molecular weight is 1810 g/mol. The minimum absolute atomic E-state index is 0.622. The Labute approximate surface area is 815 Å². The van der Waals surface area contributed by atoms with E-state index < -0.39 is 0 Å². The average Bonchev–Trinajstić information content (AvgIpc) is 1.71. The number of hydrogen-bond acceptors (Lipinski definition) is 8. The fraction of sp³-hybridized carbons (Fsp3) is 0. The Morgan fingerprint density at radius 1 is 0.156 bits per heavy atom. The van der Waals surface area contributed by atoms with Crippen LogP contribution in [0.1, 0.15) is 0 Å². The Morgan fingerprint density at radius 3 is 1.06 bits per heavy atom. The Bertz CT molecular complexity index is 9970. The summed E-state index contributed by atoms with van der Waals surface area (Å²) in [5, 5.41) is 33.8. The number of nitrogens with zero attached hydrogens (tertiary/aromatic N) is 7. The SMILES string of the molecule is c1ccc2c(-c3ccc(-c4nc(-c5cc6ccccc6c6ccccc56)nc(-c5cc6ccccc6c6ccccc56)n4)cc3)nccc2c1.c1ccc2cc(-c3c4ccccc4c(-c4ccc(-c5ccc6ccc7cccnc7c6n5)cc4)c4ccccc34)ccc2c1.c1ccc2cc(-c3c4ccccc4c(-c4ccc5ccccc5c4)c4cc(-c5nccc6c5sc5ccccc56)ccc34)ccc2c1. The van der Waals surface area contributed by atoms with E-state index in [0.717, 1.165) is 99.2 Å². The van der Waals surface area contributed by atoms with Crippen LogP contribution in [0.15, 0.2) is 492 Å². The highest BCUT2D eigenvalue weighted by molar-refractivity contribution is 7.26. The molecule has 0 aliphatic rings. The van der Waals surface area contributed by atoms with E-state index in [-0.39, 0.29) is 0 Å². The summed E-state index contributed by atoms with van der Waals surface area (Å²) in [6.07, 6.45) is 5.68. The molecular weight excluding hydrogens is 1730 g/mol. The van der Waals surface area contributed by atoms with Gasteiger partial charge in [-0.05, 0) is 235 Å². The molecule has 0 radical (unpaired) electrons. The molecule has 0 bridgehead atoms. The first kappa shape index (κ1) is 82.0. The molecule has 141 heavy (non-hydrogen) atoms. The lowest BCUT2D eigenvalue weighted by Crippen LogP contribution is -2.01. The molecule has 7 nitrogen and oxygen atoms in total. The van der Waals surface area contributed by atoms with Gasteiger partial charge in [-0.25, -0.2) is 19.9 Å². The quantitative estimate of drug-likeness (QED) is 0.0995. The van der Waals surface area contributed by atoms with Crippen LogP contribution in [0.25, 0.3) is 284 Å². The molecule has 0 spiro atoms. The van der Waals surface area contributed by atoms with Gasteiger partial charge in [0.2, 0.25) is 0 Å². The van der Waals surface area contributed by atoms with Crippen molar-refractivity contribution in [2.45, 2.75) is 0 Å². The second-order valence-electron chi connectivity index (χ2n) is 36.3. The smallest absolute Gasteiger partial charge is 0.164 e. The third kappa shape index (κ3) is 14.5. The molecule has 654 valence electrons. The van der Waals surface area contributed by atoms with E-state index in [1.54, 1.807) is 0 Å². The first-order chi connectivity index (χ1) is 69.9. The van der Waals surface area contributed by atoms with Gasteiger partial charge in [0, 0.05) is 83.6 Å². The highest BCUT2D eigenvalue weighted by Crippen LogP contribution is 2.50. The van der Waals surface area contributed by atoms with Crippen LogP contribution in [0.2, 0.25) is 0 Å². The minimum Gasteiger partial charge on any atom is -0.256 e. The van der Waals surface area contributed by atoms with Crippen molar-refractivity contribution in [3.8, 4) is 112 Å². The topological polar surface area (TPSA) is 90.2 Å². The summed E-state index contributed by atoms with van der Waals surface area (Å²) in [5.41, 5.74) is 20.9. The summed E-state index contributed by atoms with van der Waals surface area (Å²) in [4.78, 5) is 35.2. The Morgan fingerprint density at radius 2 is 0.518 bits per heavy atom. The molecule has 0 fully saturated rings. The van der Waals surface area contributed by atoms with Crippen molar-refractivity contribution in [3.63, 3.8) is 0 Å². The third-order valence-electron chi connectivity index (χ3n) is 28.3. The molecule has 29 rings (SSSR count). The van der Waals surface area contributed by atoms with Crippen LogP contribution in [0.4, 0.5) is 0 Å². The first-order valence-electron chi connectivity index (χ1n) is 47.8. The van der Waals surface area contributed by atoms with Gasteiger partial charge >= 0.3 is 0 Å². The van der Waals surface area contributed by atoms with Gasteiger partial charge in [0.1, 0.15) is 0 Å². The molecule has 6 aromatic heterocycles. The number of fused-ring (bicyclic) bond motifs is 20. The van der Waals surface area contributed by atoms with Gasteiger partial charge in [-0.2, -0.15) is 0 Å². The summed E-state index contributed by atoms with van der Waals surface area (Å²) in [5.74, 6) is 1.91. The van der Waals surface area contributed by atoms with Crippen LogP contribution >= 0.6 is 11.3 Å². The van der Waals surface area contributed by atoms with E-state index in [9.17, 15) is 0 Å². The second-order valence-corrected chi connectivity index (χ2v) is 37.4. The molecule has 8 heteroatoms. The Kier molecular flexibility index (Phi) is 20.0. The van der Waals surface area contributed by atoms with Crippen LogP contribution in [0.5, 0.6) is 0 Å². The maximum atomic E-state index is 5.28. The number of benzene rings is 23. The zero-order valence-corrected chi connectivity index (χ0v) is 77.1. The predicted octanol–water partition coefficient (Wildman–Crippen LogP) is 36.0. The number of pyridine rings is 4. The number of rotatable bonds is 10. The van der Waals surface area contributed by atoms with Crippen LogP contribution in [-0.2, 0) is 0 Å². The van der Waals surface area contributed by atoms with E-state index in [0.29, 0.717) is 17.5 Å². The predicted molar refractivity (Wildman–Crippen MR) is 596 cm³/mol. The minimum atomic E-state index is 0.622. The summed E-state index contributed by atoms with van der Waals surface area (Å²) >= 11 is 1.83. The zero-order valence-electron chi connectivity index (χ0n) is 76.3. The van der Waals surface area contributed by atoms with E-state index in [1.165, 1.54) is 167 Å². The van der Waals surface area contributed by atoms with E-state index in [2.05, 4.69) is 466 Å². The molecule has 0 aliphatic carbocycles. The Balaban J connectivity index is 0.000000106. The van der Waals surface area contributed by atoms with E-state index >= 15 is 0 Å². The van der Waals surface area contributed by atoms with Crippen molar-refractivity contribution in [2.75, 3.05) is 0 Å². The summed E-state index contributed by atoms with van der Waals surface area (Å²) in [6, 6.07) is 170. The molecule has 0 saturated heterocycles. The van der Waals surface area contributed by atoms with Crippen molar-refractivity contribution in [1.29, 1.82) is 0 Å². The molecule has 0 amide bonds. The van der Waals surface area contributed by atoms with Crippen molar-refractivity contribution in [2.24, 2.45) is 0 Å². The van der Waals surface area contributed by atoms with Gasteiger partial charge in [0.25, 0.3) is 0 Å². The van der Waals surface area contributed by atoms with Crippen molar-refractivity contribution in [3.05, 3.63) is 492 Å². The fourth-order valence-corrected chi connectivity index (χ4v) is 22.8. The molecule has 0 saturated carbocycles. The standard InChI is InChI=1S/C46H28N4.C45H27NS.C42H26N2/c1-6-16-36-29(11-1)25-26-47-43(36)30-21-23-31(24-22-30)44-48-45(41-27-32-12-2-4-14-34(32)37-17-7-9-19-39(37)41)50-46(49-44)42-28-33-13-3-5-15-35(33)38-18-8-10-20-40(38)42;1-3-11-30-25-32(19-17-28(30)9-1)42-36-14-5-6-15-37(36)43(33-20-18-29-10-2-4-12-31(29)26-33)40-27-34(21-22-38(40)42)44-45-39(23-24-46-44)35-13-7-8-16-41(35)47-45;1-2-9-32-26-33(22-15-27(32)8-1)40-36-13-5-3-11-34(36)39(35-12-4-6-14-37(35)40)29-18-16-28(17-19-29)38-24-23-31-21-20-30-10-7-25-43-41(30)42(31)44-38/h1-28H;1-27H;1-26H. The zero-order chi connectivity index (χ0) is 93.0. The lowest BCUT2D eigenvalue weighted by molar-refractivity contribution is 1.08. The number of aromatic nitrogens is 7. The third-order valence-corrected chi connectivity index (χ3v) is 29.5. The van der Waals surface area contributed by atoms with Gasteiger partial charge in [-0.3, -0.25) is 15.0 Å². The summed E-state index contributed by atoms with van der Waals surface area (Å²) in [6.45, 7) is 0. The van der Waals surface area contributed by atoms with Gasteiger partial charge < -0.3 is 0 Å². The van der Waals surface area contributed by atoms with Crippen LogP contribution in [-0.4, -0.2) is 34.9 Å². The molecular formula is C133H81N7S. The number of hydrogen-bond donors (Lipinski definition) is 0. The highest BCUT2D eigenvalue weighted by atomic mass is 32.1. The van der Waals surface area contributed by atoms with Crippen LogP contribution in [0.3, 0.4) is 0 Å². The van der Waals surface area contributed by atoms with Crippen molar-refractivity contribution in [1.82, 2.24) is 34.9 Å². The van der Waals surface area contributed by atoms with Crippen molar-refractivity contribution >= 4 is 183 Å². The second kappa shape index (κ2) is 34.4. The van der Waals surface area contributed by atoms with Crippen LogP contribution in [0, 0.1) is 0 Å². The monoisotopic (exact) mass is 1810 g/mol. The van der Waals surface area contributed by atoms with E-state index in [1.807, 2.05) is 42.1 Å². The molecule has 0 N–H and O–H groups in total. The normalized spacial score (nSPS) is 11.7. The molecule has 23 aromatic carbocycles. The van der Waals surface area contributed by atoms with Gasteiger partial charge in [0.15, 0.2) is 17.5 Å². The molecule has 0 unspecified atom stereocenters. The first-order valence-corrected chi connectivity index (χ1v) is 48.7. The lowest BCUT2D eigenvalue weighted by Gasteiger charge is -2.19. The number of thiophene rings is 1. The fourth-order valence-electron chi connectivity index (χ4n) is 21.6. The lowest BCUT2D eigenvalue weighted by atomic mass is 9.84. The highest BCUT2D eigenvalue weighted by Gasteiger charge is 2.25. The maximum absolute atomic E-state index is 5.28. The van der Waals surface area contributed by atoms with Gasteiger partial charge in [-0.15, -0.1) is 11.3 Å². The van der Waals surface area contributed by atoms with Gasteiger partial charge in [-0.1, -0.05) is 406 Å². The molecule has 0 atom stereocenters. The summed E-state index contributed by atoms with van der Waals surface area (Å²) < 4.78 is 2.52. The van der Waals surface area contributed by atoms with Crippen LogP contribution < -0.4 is 0 Å². The summed E-state index contributed by atoms with van der Waals surface area (Å²) in [7, 11) is 0. The van der Waals surface area contributed by atoms with Gasteiger partial charge in [0.05, 0.1) is 32.8 Å². The molecule has 0 aliphatic heterocycles. The maximum Gasteiger partial charge on any atom is 0.164 e. The Hall–Kier alpha value is -18.5. The largest absolute Gasteiger partial charge is 0.256 e.